The first-order chi connectivity index (χ1) is 10.1. The molecule has 0 saturated carbocycles. The summed E-state index contributed by atoms with van der Waals surface area (Å²) in [6.45, 7) is 7.80. The highest BCUT2D eigenvalue weighted by molar-refractivity contribution is 7.12. The van der Waals surface area contributed by atoms with Gasteiger partial charge in [0.05, 0.1) is 0 Å². The van der Waals surface area contributed by atoms with Crippen LogP contribution in [0.5, 0.6) is 11.5 Å². The molecule has 0 aliphatic carbocycles. The van der Waals surface area contributed by atoms with E-state index < -0.39 is 0 Å². The lowest BCUT2D eigenvalue weighted by molar-refractivity contribution is 0.171. The van der Waals surface area contributed by atoms with Crippen molar-refractivity contribution in [3.8, 4) is 11.5 Å². The summed E-state index contributed by atoms with van der Waals surface area (Å²) in [5, 5.41) is 3.65. The van der Waals surface area contributed by atoms with Crippen LogP contribution in [0.15, 0.2) is 30.3 Å². The van der Waals surface area contributed by atoms with E-state index in [1.807, 2.05) is 17.4 Å². The second-order valence-electron chi connectivity index (χ2n) is 5.46. The zero-order chi connectivity index (χ0) is 14.8. The molecular formula is C17H21NO2S. The van der Waals surface area contributed by atoms with Gasteiger partial charge in [-0.3, -0.25) is 0 Å². The largest absolute Gasteiger partial charge is 0.486 e. The summed E-state index contributed by atoms with van der Waals surface area (Å²) in [7, 11) is 0. The van der Waals surface area contributed by atoms with Gasteiger partial charge < -0.3 is 14.8 Å². The van der Waals surface area contributed by atoms with E-state index in [-0.39, 0.29) is 6.04 Å². The second-order valence-corrected chi connectivity index (χ2v) is 6.78. The molecule has 4 heteroatoms. The number of rotatable bonds is 4. The summed E-state index contributed by atoms with van der Waals surface area (Å²) in [6, 6.07) is 11.2. The maximum atomic E-state index is 5.66. The van der Waals surface area contributed by atoms with E-state index in [1.165, 1.54) is 15.3 Å². The predicted molar refractivity (Wildman–Crippen MR) is 86.5 cm³/mol. The van der Waals surface area contributed by atoms with Crippen molar-refractivity contribution in [2.24, 2.45) is 0 Å². The molecule has 0 saturated heterocycles. The van der Waals surface area contributed by atoms with Crippen LogP contribution in [-0.2, 0) is 0 Å². The molecule has 21 heavy (non-hydrogen) atoms. The minimum absolute atomic E-state index is 0.262. The third-order valence-electron chi connectivity index (χ3n) is 3.75. The molecule has 0 fully saturated rings. The average molecular weight is 303 g/mol. The van der Waals surface area contributed by atoms with E-state index in [0.29, 0.717) is 19.3 Å². The SMILES string of the molecule is Cc1ccc(C(C)NC(C)c2ccc3c(c2)OCCO3)s1. The Balaban J connectivity index is 1.71. The smallest absolute Gasteiger partial charge is 0.161 e. The molecule has 0 bridgehead atoms. The molecule has 112 valence electrons. The number of hydrogen-bond acceptors (Lipinski definition) is 4. The molecule has 1 aromatic carbocycles. The summed E-state index contributed by atoms with van der Waals surface area (Å²) >= 11 is 1.85. The first kappa shape index (κ1) is 14.4. The van der Waals surface area contributed by atoms with Crippen LogP contribution >= 0.6 is 11.3 Å². The maximum Gasteiger partial charge on any atom is 0.161 e. The summed E-state index contributed by atoms with van der Waals surface area (Å²) < 4.78 is 11.2. The van der Waals surface area contributed by atoms with Gasteiger partial charge in [-0.2, -0.15) is 0 Å². The highest BCUT2D eigenvalue weighted by atomic mass is 32.1. The Kier molecular flexibility index (Phi) is 4.17. The number of thiophene rings is 1. The van der Waals surface area contributed by atoms with Gasteiger partial charge in [-0.1, -0.05) is 6.07 Å². The van der Waals surface area contributed by atoms with E-state index in [2.05, 4.69) is 50.4 Å². The van der Waals surface area contributed by atoms with Crippen molar-refractivity contribution in [1.29, 1.82) is 0 Å². The van der Waals surface area contributed by atoms with Gasteiger partial charge in [-0.25, -0.2) is 0 Å². The number of fused-ring (bicyclic) bond motifs is 1. The van der Waals surface area contributed by atoms with Crippen molar-refractivity contribution in [2.45, 2.75) is 32.9 Å². The minimum atomic E-state index is 0.262. The lowest BCUT2D eigenvalue weighted by Crippen LogP contribution is -2.22. The van der Waals surface area contributed by atoms with Gasteiger partial charge in [0.1, 0.15) is 13.2 Å². The van der Waals surface area contributed by atoms with Crippen molar-refractivity contribution in [1.82, 2.24) is 5.32 Å². The van der Waals surface area contributed by atoms with Gasteiger partial charge in [0, 0.05) is 21.8 Å². The number of hydrogen-bond donors (Lipinski definition) is 1. The van der Waals surface area contributed by atoms with Crippen LogP contribution in [0.1, 0.15) is 41.2 Å². The predicted octanol–water partition coefficient (Wildman–Crippen LogP) is 4.24. The Morgan fingerprint density at radius 3 is 2.48 bits per heavy atom. The van der Waals surface area contributed by atoms with Crippen LogP contribution in [0.25, 0.3) is 0 Å². The maximum absolute atomic E-state index is 5.66. The van der Waals surface area contributed by atoms with Gasteiger partial charge in [-0.15, -0.1) is 11.3 Å². The monoisotopic (exact) mass is 303 g/mol. The van der Waals surface area contributed by atoms with Gasteiger partial charge in [0.25, 0.3) is 0 Å². The number of aryl methyl sites for hydroxylation is 1. The highest BCUT2D eigenvalue weighted by Crippen LogP contribution is 2.33. The van der Waals surface area contributed by atoms with Crippen LogP contribution in [-0.4, -0.2) is 13.2 Å². The van der Waals surface area contributed by atoms with Crippen LogP contribution in [0.2, 0.25) is 0 Å². The molecule has 1 aliphatic heterocycles. The molecule has 1 N–H and O–H groups in total. The van der Waals surface area contributed by atoms with Gasteiger partial charge >= 0.3 is 0 Å². The van der Waals surface area contributed by atoms with E-state index in [9.17, 15) is 0 Å². The Morgan fingerprint density at radius 1 is 1.00 bits per heavy atom. The Labute approximate surface area is 129 Å². The lowest BCUT2D eigenvalue weighted by Gasteiger charge is -2.23. The van der Waals surface area contributed by atoms with E-state index in [4.69, 9.17) is 9.47 Å². The molecule has 3 nitrogen and oxygen atoms in total. The van der Waals surface area contributed by atoms with Crippen molar-refractivity contribution in [3.05, 3.63) is 45.6 Å². The molecular weight excluding hydrogens is 282 g/mol. The van der Waals surface area contributed by atoms with Crippen LogP contribution in [0.4, 0.5) is 0 Å². The van der Waals surface area contributed by atoms with E-state index in [1.54, 1.807) is 0 Å². The van der Waals surface area contributed by atoms with Gasteiger partial charge in [-0.05, 0) is 50.6 Å². The summed E-state index contributed by atoms with van der Waals surface area (Å²) in [5.41, 5.74) is 1.22. The fourth-order valence-corrected chi connectivity index (χ4v) is 3.46. The van der Waals surface area contributed by atoms with Crippen molar-refractivity contribution >= 4 is 11.3 Å². The topological polar surface area (TPSA) is 30.5 Å². The third-order valence-corrected chi connectivity index (χ3v) is 4.94. The Morgan fingerprint density at radius 2 is 1.76 bits per heavy atom. The third kappa shape index (κ3) is 3.22. The standard InChI is InChI=1S/C17H21NO2S/c1-11-4-7-17(21-11)13(3)18-12(2)14-5-6-15-16(10-14)20-9-8-19-15/h4-7,10,12-13,18H,8-9H2,1-3H3. The zero-order valence-corrected chi connectivity index (χ0v) is 13.5. The van der Waals surface area contributed by atoms with Gasteiger partial charge in [0.15, 0.2) is 11.5 Å². The number of nitrogens with one attached hydrogen (secondary N) is 1. The van der Waals surface area contributed by atoms with E-state index in [0.717, 1.165) is 11.5 Å². The van der Waals surface area contributed by atoms with Crippen molar-refractivity contribution < 1.29 is 9.47 Å². The fourth-order valence-electron chi connectivity index (χ4n) is 2.57. The zero-order valence-electron chi connectivity index (χ0n) is 12.7. The molecule has 0 spiro atoms. The summed E-state index contributed by atoms with van der Waals surface area (Å²) in [6.07, 6.45) is 0. The molecule has 2 aromatic rings. The molecule has 1 aromatic heterocycles. The van der Waals surface area contributed by atoms with Crippen LogP contribution in [0.3, 0.4) is 0 Å². The van der Waals surface area contributed by atoms with Crippen LogP contribution in [0, 0.1) is 6.92 Å². The van der Waals surface area contributed by atoms with Crippen molar-refractivity contribution in [2.75, 3.05) is 13.2 Å². The highest BCUT2D eigenvalue weighted by Gasteiger charge is 2.16. The average Bonchev–Trinajstić information content (AvgIpc) is 2.93. The summed E-state index contributed by atoms with van der Waals surface area (Å²) in [4.78, 5) is 2.72. The molecule has 2 unspecified atom stereocenters. The van der Waals surface area contributed by atoms with Crippen molar-refractivity contribution in [3.63, 3.8) is 0 Å². The summed E-state index contributed by atoms with van der Waals surface area (Å²) in [5.74, 6) is 1.70. The number of benzene rings is 1. The first-order valence-electron chi connectivity index (χ1n) is 7.35. The Bertz CT molecular complexity index is 623. The lowest BCUT2D eigenvalue weighted by atomic mass is 10.1. The molecule has 2 heterocycles. The fraction of sp³-hybridized carbons (Fsp3) is 0.412. The first-order valence-corrected chi connectivity index (χ1v) is 8.17. The number of ether oxygens (including phenoxy) is 2. The molecule has 3 rings (SSSR count). The van der Waals surface area contributed by atoms with E-state index >= 15 is 0 Å². The molecule has 0 amide bonds. The van der Waals surface area contributed by atoms with Gasteiger partial charge in [0.2, 0.25) is 0 Å². The Hall–Kier alpha value is -1.52. The minimum Gasteiger partial charge on any atom is -0.486 e. The molecule has 1 aliphatic rings. The quantitative estimate of drug-likeness (QED) is 0.916. The molecule has 2 atom stereocenters. The van der Waals surface area contributed by atoms with Crippen LogP contribution < -0.4 is 14.8 Å². The second kappa shape index (κ2) is 6.08. The normalized spacial score (nSPS) is 16.5. The molecule has 0 radical (unpaired) electrons.